The lowest BCUT2D eigenvalue weighted by Crippen LogP contribution is -2.08. The standard InChI is InChI=1S/C9H17NO/c11-7-3-1-2-4-9-5-6-10-8-9/h7,9-10H,1-6,8H2. The fourth-order valence-corrected chi connectivity index (χ4v) is 1.62. The monoisotopic (exact) mass is 155 g/mol. The van der Waals surface area contributed by atoms with Gasteiger partial charge in [-0.2, -0.15) is 0 Å². The van der Waals surface area contributed by atoms with E-state index in [1.165, 1.54) is 32.4 Å². The summed E-state index contributed by atoms with van der Waals surface area (Å²) in [5.74, 6) is 0.890. The Hall–Kier alpha value is -0.370. The van der Waals surface area contributed by atoms with E-state index in [9.17, 15) is 4.79 Å². The Morgan fingerprint density at radius 2 is 2.36 bits per heavy atom. The minimum absolute atomic E-state index is 0.750. The molecule has 2 heteroatoms. The van der Waals surface area contributed by atoms with Crippen LogP contribution in [0.1, 0.15) is 32.1 Å². The van der Waals surface area contributed by atoms with E-state index in [4.69, 9.17) is 0 Å². The molecule has 0 bridgehead atoms. The maximum Gasteiger partial charge on any atom is 0.119 e. The molecule has 0 aromatic carbocycles. The molecule has 0 amide bonds. The van der Waals surface area contributed by atoms with Gasteiger partial charge in [0.2, 0.25) is 0 Å². The molecule has 0 aromatic heterocycles. The van der Waals surface area contributed by atoms with E-state index in [2.05, 4.69) is 5.32 Å². The molecule has 0 radical (unpaired) electrons. The fraction of sp³-hybridized carbons (Fsp3) is 0.889. The average molecular weight is 155 g/mol. The number of rotatable bonds is 5. The molecule has 1 fully saturated rings. The lowest BCUT2D eigenvalue weighted by atomic mass is 10.0. The van der Waals surface area contributed by atoms with Gasteiger partial charge in [0.25, 0.3) is 0 Å². The third-order valence-corrected chi connectivity index (χ3v) is 2.35. The van der Waals surface area contributed by atoms with E-state index < -0.39 is 0 Å². The van der Waals surface area contributed by atoms with Crippen molar-refractivity contribution < 1.29 is 4.79 Å². The van der Waals surface area contributed by atoms with Crippen molar-refractivity contribution in [1.82, 2.24) is 5.32 Å². The highest BCUT2D eigenvalue weighted by Gasteiger charge is 2.12. The van der Waals surface area contributed by atoms with Crippen molar-refractivity contribution in [3.05, 3.63) is 0 Å². The molecule has 0 saturated carbocycles. The first-order valence-electron chi connectivity index (χ1n) is 4.58. The van der Waals surface area contributed by atoms with Gasteiger partial charge < -0.3 is 10.1 Å². The normalized spacial score (nSPS) is 23.8. The predicted octanol–water partition coefficient (Wildman–Crippen LogP) is 1.36. The molecule has 1 unspecified atom stereocenters. The second kappa shape index (κ2) is 5.30. The third kappa shape index (κ3) is 3.51. The van der Waals surface area contributed by atoms with Crippen LogP contribution in [0.25, 0.3) is 0 Å². The van der Waals surface area contributed by atoms with E-state index in [0.29, 0.717) is 0 Å². The van der Waals surface area contributed by atoms with Crippen LogP contribution in [0.2, 0.25) is 0 Å². The van der Waals surface area contributed by atoms with Crippen LogP contribution in [0, 0.1) is 5.92 Å². The Morgan fingerprint density at radius 1 is 1.45 bits per heavy atom. The largest absolute Gasteiger partial charge is 0.316 e. The number of aldehydes is 1. The maximum absolute atomic E-state index is 9.99. The van der Waals surface area contributed by atoms with Crippen molar-refractivity contribution in [1.29, 1.82) is 0 Å². The van der Waals surface area contributed by atoms with Crippen LogP contribution in [-0.4, -0.2) is 19.4 Å². The Kier molecular flexibility index (Phi) is 4.21. The lowest BCUT2D eigenvalue weighted by molar-refractivity contribution is -0.107. The van der Waals surface area contributed by atoms with Gasteiger partial charge in [0.05, 0.1) is 0 Å². The van der Waals surface area contributed by atoms with Crippen molar-refractivity contribution in [2.24, 2.45) is 5.92 Å². The van der Waals surface area contributed by atoms with Crippen LogP contribution in [0.15, 0.2) is 0 Å². The van der Waals surface area contributed by atoms with Crippen LogP contribution in [0.3, 0.4) is 0 Å². The molecule has 1 heterocycles. The predicted molar refractivity (Wildman–Crippen MR) is 45.5 cm³/mol. The molecule has 11 heavy (non-hydrogen) atoms. The molecular weight excluding hydrogens is 138 g/mol. The van der Waals surface area contributed by atoms with Crippen molar-refractivity contribution in [3.8, 4) is 0 Å². The summed E-state index contributed by atoms with van der Waals surface area (Å²) in [7, 11) is 0. The molecule has 0 aromatic rings. The van der Waals surface area contributed by atoms with E-state index in [0.717, 1.165) is 25.0 Å². The van der Waals surface area contributed by atoms with Gasteiger partial charge >= 0.3 is 0 Å². The zero-order chi connectivity index (χ0) is 7.94. The van der Waals surface area contributed by atoms with Gasteiger partial charge in [-0.3, -0.25) is 0 Å². The van der Waals surface area contributed by atoms with Crippen LogP contribution in [0.4, 0.5) is 0 Å². The van der Waals surface area contributed by atoms with Crippen molar-refractivity contribution >= 4 is 6.29 Å². The molecule has 1 saturated heterocycles. The summed E-state index contributed by atoms with van der Waals surface area (Å²) in [6.07, 6.45) is 6.72. The van der Waals surface area contributed by atoms with Gasteiger partial charge in [0.15, 0.2) is 0 Å². The summed E-state index contributed by atoms with van der Waals surface area (Å²) < 4.78 is 0. The SMILES string of the molecule is O=CCCCCC1CCNC1. The fourth-order valence-electron chi connectivity index (χ4n) is 1.62. The number of carbonyl (C=O) groups excluding carboxylic acids is 1. The number of nitrogens with one attached hydrogen (secondary N) is 1. The lowest BCUT2D eigenvalue weighted by Gasteiger charge is -2.05. The van der Waals surface area contributed by atoms with Crippen LogP contribution >= 0.6 is 0 Å². The highest BCUT2D eigenvalue weighted by Crippen LogP contribution is 2.15. The number of unbranched alkanes of at least 4 members (excludes halogenated alkanes) is 2. The zero-order valence-corrected chi connectivity index (χ0v) is 7.01. The first-order valence-corrected chi connectivity index (χ1v) is 4.58. The quantitative estimate of drug-likeness (QED) is 0.479. The molecule has 1 N–H and O–H groups in total. The minimum Gasteiger partial charge on any atom is -0.316 e. The van der Waals surface area contributed by atoms with Gasteiger partial charge in [-0.05, 0) is 38.3 Å². The molecule has 0 aliphatic carbocycles. The summed E-state index contributed by atoms with van der Waals surface area (Å²) in [6.45, 7) is 2.39. The number of carbonyl (C=O) groups is 1. The Balaban J connectivity index is 1.89. The smallest absolute Gasteiger partial charge is 0.119 e. The molecule has 1 rings (SSSR count). The Labute approximate surface area is 68.4 Å². The van der Waals surface area contributed by atoms with E-state index >= 15 is 0 Å². The first kappa shape index (κ1) is 8.72. The van der Waals surface area contributed by atoms with Crippen molar-refractivity contribution in [2.75, 3.05) is 13.1 Å². The van der Waals surface area contributed by atoms with Crippen molar-refractivity contribution in [2.45, 2.75) is 32.1 Å². The molecule has 1 aliphatic rings. The van der Waals surface area contributed by atoms with Gasteiger partial charge in [0.1, 0.15) is 6.29 Å². The topological polar surface area (TPSA) is 29.1 Å². The van der Waals surface area contributed by atoms with Crippen molar-refractivity contribution in [3.63, 3.8) is 0 Å². The molecule has 1 aliphatic heterocycles. The van der Waals surface area contributed by atoms with Crippen LogP contribution < -0.4 is 5.32 Å². The average Bonchev–Trinajstić information content (AvgIpc) is 2.50. The molecule has 2 nitrogen and oxygen atoms in total. The molecule has 64 valence electrons. The Bertz CT molecular complexity index is 108. The van der Waals surface area contributed by atoms with Crippen LogP contribution in [-0.2, 0) is 4.79 Å². The Morgan fingerprint density at radius 3 is 3.00 bits per heavy atom. The summed E-state index contributed by atoms with van der Waals surface area (Å²) in [5.41, 5.74) is 0. The van der Waals surface area contributed by atoms with Gasteiger partial charge in [-0.15, -0.1) is 0 Å². The number of hydrogen-bond acceptors (Lipinski definition) is 2. The van der Waals surface area contributed by atoms with Gasteiger partial charge in [-0.25, -0.2) is 0 Å². The molecule has 1 atom stereocenters. The highest BCUT2D eigenvalue weighted by molar-refractivity contribution is 5.48. The zero-order valence-electron chi connectivity index (χ0n) is 7.01. The van der Waals surface area contributed by atoms with Crippen LogP contribution in [0.5, 0.6) is 0 Å². The van der Waals surface area contributed by atoms with E-state index in [1.54, 1.807) is 0 Å². The van der Waals surface area contributed by atoms with Gasteiger partial charge in [0, 0.05) is 6.42 Å². The van der Waals surface area contributed by atoms with Gasteiger partial charge in [-0.1, -0.05) is 6.42 Å². The summed E-state index contributed by atoms with van der Waals surface area (Å²) in [4.78, 5) is 9.99. The van der Waals surface area contributed by atoms with E-state index in [-0.39, 0.29) is 0 Å². The second-order valence-corrected chi connectivity index (χ2v) is 3.31. The maximum atomic E-state index is 9.99. The molecular formula is C9H17NO. The molecule has 0 spiro atoms. The number of hydrogen-bond donors (Lipinski definition) is 1. The summed E-state index contributed by atoms with van der Waals surface area (Å²) >= 11 is 0. The first-order chi connectivity index (χ1) is 5.43. The highest BCUT2D eigenvalue weighted by atomic mass is 16.1. The third-order valence-electron chi connectivity index (χ3n) is 2.35. The summed E-state index contributed by atoms with van der Waals surface area (Å²) in [5, 5.41) is 3.34. The minimum atomic E-state index is 0.750. The van der Waals surface area contributed by atoms with E-state index in [1.807, 2.05) is 0 Å². The second-order valence-electron chi connectivity index (χ2n) is 3.31. The summed E-state index contributed by atoms with van der Waals surface area (Å²) in [6, 6.07) is 0.